The third kappa shape index (κ3) is 2.81. The number of nitrogens with zero attached hydrogens (tertiary/aromatic N) is 3. The maximum absolute atomic E-state index is 12.9. The van der Waals surface area contributed by atoms with Crippen LogP contribution in [0.4, 0.5) is 9.52 Å². The normalized spacial score (nSPS) is 21.6. The van der Waals surface area contributed by atoms with E-state index < -0.39 is 0 Å². The van der Waals surface area contributed by atoms with Gasteiger partial charge in [-0.2, -0.15) is 0 Å². The van der Waals surface area contributed by atoms with Crippen molar-refractivity contribution < 1.29 is 4.39 Å². The summed E-state index contributed by atoms with van der Waals surface area (Å²) in [6, 6.07) is 7.32. The molecule has 1 aromatic carbocycles. The summed E-state index contributed by atoms with van der Waals surface area (Å²) < 4.78 is 12.9. The SMILES string of the molecule is CN(c1nnc(Cc2ccc(F)cc2)s1)C1CC(N)C1. The Kier molecular flexibility index (Phi) is 3.67. The summed E-state index contributed by atoms with van der Waals surface area (Å²) in [6.45, 7) is 0. The van der Waals surface area contributed by atoms with Crippen LogP contribution in [0.2, 0.25) is 0 Å². The van der Waals surface area contributed by atoms with Gasteiger partial charge in [0, 0.05) is 25.6 Å². The Morgan fingerprint density at radius 1 is 1.30 bits per heavy atom. The molecule has 0 amide bonds. The highest BCUT2D eigenvalue weighted by atomic mass is 32.1. The summed E-state index contributed by atoms with van der Waals surface area (Å²) in [7, 11) is 2.04. The lowest BCUT2D eigenvalue weighted by atomic mass is 9.87. The number of aromatic nitrogens is 2. The number of anilines is 1. The molecule has 0 atom stereocenters. The zero-order chi connectivity index (χ0) is 14.1. The molecule has 1 fully saturated rings. The summed E-state index contributed by atoms with van der Waals surface area (Å²) in [5, 5.41) is 10.3. The molecule has 2 aromatic rings. The van der Waals surface area contributed by atoms with Crippen molar-refractivity contribution >= 4 is 16.5 Å². The van der Waals surface area contributed by atoms with Crippen molar-refractivity contribution in [3.8, 4) is 0 Å². The molecule has 0 spiro atoms. The molecule has 0 radical (unpaired) electrons. The van der Waals surface area contributed by atoms with Crippen molar-refractivity contribution in [2.75, 3.05) is 11.9 Å². The second-order valence-corrected chi connectivity index (χ2v) is 6.32. The summed E-state index contributed by atoms with van der Waals surface area (Å²) in [4.78, 5) is 2.16. The molecule has 4 nitrogen and oxygen atoms in total. The topological polar surface area (TPSA) is 55.0 Å². The van der Waals surface area contributed by atoms with Gasteiger partial charge in [-0.1, -0.05) is 23.5 Å². The molecule has 0 bridgehead atoms. The van der Waals surface area contributed by atoms with Crippen LogP contribution < -0.4 is 10.6 Å². The summed E-state index contributed by atoms with van der Waals surface area (Å²) in [5.74, 6) is -0.215. The highest BCUT2D eigenvalue weighted by Crippen LogP contribution is 2.30. The number of halogens is 1. The standard InChI is InChI=1S/C14H17FN4S/c1-19(12-7-11(16)8-12)14-18-17-13(20-14)6-9-2-4-10(15)5-3-9/h2-5,11-12H,6-8,16H2,1H3. The minimum absolute atomic E-state index is 0.215. The Morgan fingerprint density at radius 3 is 2.65 bits per heavy atom. The van der Waals surface area contributed by atoms with Crippen molar-refractivity contribution in [1.29, 1.82) is 0 Å². The molecule has 3 rings (SSSR count). The van der Waals surface area contributed by atoms with E-state index in [4.69, 9.17) is 5.73 Å². The molecule has 1 saturated carbocycles. The molecule has 1 heterocycles. The van der Waals surface area contributed by atoms with Gasteiger partial charge in [0.25, 0.3) is 0 Å². The van der Waals surface area contributed by atoms with Crippen LogP contribution in [0.25, 0.3) is 0 Å². The van der Waals surface area contributed by atoms with Gasteiger partial charge in [0.15, 0.2) is 0 Å². The predicted molar refractivity (Wildman–Crippen MR) is 78.5 cm³/mol. The van der Waals surface area contributed by atoms with E-state index in [0.717, 1.165) is 28.5 Å². The lowest BCUT2D eigenvalue weighted by Crippen LogP contribution is -2.49. The van der Waals surface area contributed by atoms with Crippen LogP contribution in [0.1, 0.15) is 23.4 Å². The van der Waals surface area contributed by atoms with E-state index in [-0.39, 0.29) is 5.82 Å². The third-order valence-electron chi connectivity index (χ3n) is 3.72. The highest BCUT2D eigenvalue weighted by molar-refractivity contribution is 7.15. The van der Waals surface area contributed by atoms with Crippen LogP contribution in [0.5, 0.6) is 0 Å². The molecule has 106 valence electrons. The smallest absolute Gasteiger partial charge is 0.208 e. The van der Waals surface area contributed by atoms with Crippen molar-refractivity contribution in [3.05, 3.63) is 40.7 Å². The maximum atomic E-state index is 12.9. The van der Waals surface area contributed by atoms with Crippen molar-refractivity contribution in [2.45, 2.75) is 31.3 Å². The lowest BCUT2D eigenvalue weighted by Gasteiger charge is -2.38. The average molecular weight is 292 g/mol. The third-order valence-corrected chi connectivity index (χ3v) is 4.74. The molecule has 1 aromatic heterocycles. The number of benzene rings is 1. The Labute approximate surface area is 121 Å². The van der Waals surface area contributed by atoms with Crippen LogP contribution in [0.3, 0.4) is 0 Å². The van der Waals surface area contributed by atoms with E-state index in [9.17, 15) is 4.39 Å². The van der Waals surface area contributed by atoms with Crippen LogP contribution in [-0.2, 0) is 6.42 Å². The minimum Gasteiger partial charge on any atom is -0.347 e. The predicted octanol–water partition coefficient (Wildman–Crippen LogP) is 2.19. The highest BCUT2D eigenvalue weighted by Gasteiger charge is 2.30. The first kappa shape index (κ1) is 13.5. The molecular formula is C14H17FN4S. The average Bonchev–Trinajstić information content (AvgIpc) is 2.86. The van der Waals surface area contributed by atoms with E-state index in [1.165, 1.54) is 12.1 Å². The van der Waals surface area contributed by atoms with Gasteiger partial charge in [0.05, 0.1) is 0 Å². The molecule has 1 aliphatic rings. The van der Waals surface area contributed by atoms with E-state index >= 15 is 0 Å². The number of hydrogen-bond acceptors (Lipinski definition) is 5. The Balaban J connectivity index is 1.66. The fourth-order valence-electron chi connectivity index (χ4n) is 2.34. The van der Waals surface area contributed by atoms with Gasteiger partial charge in [-0.05, 0) is 30.5 Å². The van der Waals surface area contributed by atoms with E-state index in [1.807, 2.05) is 7.05 Å². The van der Waals surface area contributed by atoms with E-state index in [1.54, 1.807) is 23.5 Å². The lowest BCUT2D eigenvalue weighted by molar-refractivity contribution is 0.339. The second-order valence-electron chi connectivity index (χ2n) is 5.28. The van der Waals surface area contributed by atoms with E-state index in [0.29, 0.717) is 18.5 Å². The minimum atomic E-state index is -0.215. The molecule has 20 heavy (non-hydrogen) atoms. The van der Waals surface area contributed by atoms with Gasteiger partial charge in [-0.3, -0.25) is 0 Å². The van der Waals surface area contributed by atoms with Gasteiger partial charge >= 0.3 is 0 Å². The first-order chi connectivity index (χ1) is 9.61. The summed E-state index contributed by atoms with van der Waals surface area (Å²) in [6.07, 6.45) is 2.72. The number of hydrogen-bond donors (Lipinski definition) is 1. The number of rotatable bonds is 4. The van der Waals surface area contributed by atoms with Gasteiger partial charge in [0.2, 0.25) is 5.13 Å². The Morgan fingerprint density at radius 2 is 2.00 bits per heavy atom. The zero-order valence-corrected chi connectivity index (χ0v) is 12.1. The van der Waals surface area contributed by atoms with Crippen molar-refractivity contribution in [3.63, 3.8) is 0 Å². The first-order valence-electron chi connectivity index (χ1n) is 6.67. The van der Waals surface area contributed by atoms with Crippen LogP contribution in [0, 0.1) is 5.82 Å². The number of nitrogens with two attached hydrogens (primary N) is 1. The quantitative estimate of drug-likeness (QED) is 0.938. The maximum Gasteiger partial charge on any atom is 0.208 e. The monoisotopic (exact) mass is 292 g/mol. The molecule has 0 aliphatic heterocycles. The van der Waals surface area contributed by atoms with Gasteiger partial charge in [-0.25, -0.2) is 4.39 Å². The molecular weight excluding hydrogens is 275 g/mol. The fourth-order valence-corrected chi connectivity index (χ4v) is 3.24. The molecule has 6 heteroatoms. The summed E-state index contributed by atoms with van der Waals surface area (Å²) >= 11 is 1.59. The molecule has 2 N–H and O–H groups in total. The fraction of sp³-hybridized carbons (Fsp3) is 0.429. The van der Waals surface area contributed by atoms with Crippen LogP contribution in [-0.4, -0.2) is 29.3 Å². The zero-order valence-electron chi connectivity index (χ0n) is 11.3. The van der Waals surface area contributed by atoms with Crippen LogP contribution in [0.15, 0.2) is 24.3 Å². The second kappa shape index (κ2) is 5.46. The molecule has 0 saturated heterocycles. The van der Waals surface area contributed by atoms with Crippen molar-refractivity contribution in [1.82, 2.24) is 10.2 Å². The first-order valence-corrected chi connectivity index (χ1v) is 7.48. The van der Waals surface area contributed by atoms with Crippen LogP contribution >= 0.6 is 11.3 Å². The van der Waals surface area contributed by atoms with Gasteiger partial charge in [-0.15, -0.1) is 10.2 Å². The van der Waals surface area contributed by atoms with Crippen molar-refractivity contribution in [2.24, 2.45) is 5.73 Å². The largest absolute Gasteiger partial charge is 0.347 e. The molecule has 1 aliphatic carbocycles. The summed E-state index contributed by atoms with van der Waals surface area (Å²) in [5.41, 5.74) is 6.86. The van der Waals surface area contributed by atoms with Gasteiger partial charge < -0.3 is 10.6 Å². The Bertz CT molecular complexity index is 577. The van der Waals surface area contributed by atoms with E-state index in [2.05, 4.69) is 15.1 Å². The Hall–Kier alpha value is -1.53. The van der Waals surface area contributed by atoms with Gasteiger partial charge in [0.1, 0.15) is 10.8 Å². The molecule has 0 unspecified atom stereocenters.